The van der Waals surface area contributed by atoms with Crippen LogP contribution in [0, 0.1) is 0 Å². The third-order valence-electron chi connectivity index (χ3n) is 10.2. The molecule has 51 heavy (non-hydrogen) atoms. The fourth-order valence-corrected chi connectivity index (χ4v) is 7.70. The molecule has 1 aromatic heterocycles. The SMILES string of the molecule is C=c1/c(=C\C=C/C)ccc2ccc(-c3ccc(-c4c5ccccc5c(-c5ccc(-c6ccccc6)cc5)c5ccccc45)c4ccccc34)nc12. The zero-order valence-corrected chi connectivity index (χ0v) is 28.5. The Kier molecular flexibility index (Phi) is 7.60. The second-order valence-electron chi connectivity index (χ2n) is 13.1. The van der Waals surface area contributed by atoms with Crippen molar-refractivity contribution in [1.82, 2.24) is 4.98 Å². The van der Waals surface area contributed by atoms with Gasteiger partial charge in [0, 0.05) is 16.2 Å². The molecule has 0 fully saturated rings. The van der Waals surface area contributed by atoms with Crippen LogP contribution >= 0.6 is 0 Å². The highest BCUT2D eigenvalue weighted by molar-refractivity contribution is 6.24. The molecule has 1 nitrogen and oxygen atoms in total. The average Bonchev–Trinajstić information content (AvgIpc) is 3.20. The van der Waals surface area contributed by atoms with Gasteiger partial charge in [-0.15, -0.1) is 0 Å². The summed E-state index contributed by atoms with van der Waals surface area (Å²) in [5.74, 6) is 0. The minimum Gasteiger partial charge on any atom is -0.247 e. The Morgan fingerprint density at radius 3 is 1.61 bits per heavy atom. The highest BCUT2D eigenvalue weighted by Gasteiger charge is 2.19. The van der Waals surface area contributed by atoms with Gasteiger partial charge in [0.2, 0.25) is 0 Å². The van der Waals surface area contributed by atoms with E-state index in [4.69, 9.17) is 4.98 Å². The molecule has 9 aromatic rings. The fraction of sp³-hybridized carbons (Fsp3) is 0.0200. The molecule has 0 amide bonds. The van der Waals surface area contributed by atoms with Crippen LogP contribution in [0.15, 0.2) is 176 Å². The number of nitrogens with zero attached hydrogens (tertiary/aromatic N) is 1. The third kappa shape index (κ3) is 5.23. The van der Waals surface area contributed by atoms with E-state index in [0.717, 1.165) is 32.6 Å². The van der Waals surface area contributed by atoms with Crippen molar-refractivity contribution in [2.45, 2.75) is 6.92 Å². The lowest BCUT2D eigenvalue weighted by molar-refractivity contribution is 1.38. The summed E-state index contributed by atoms with van der Waals surface area (Å²) in [7, 11) is 0. The molecule has 0 saturated heterocycles. The Hall–Kier alpha value is -6.57. The largest absolute Gasteiger partial charge is 0.247 e. The summed E-state index contributed by atoms with van der Waals surface area (Å²) in [5.41, 5.74) is 10.4. The van der Waals surface area contributed by atoms with Gasteiger partial charge >= 0.3 is 0 Å². The molecule has 0 spiro atoms. The molecule has 0 atom stereocenters. The van der Waals surface area contributed by atoms with E-state index < -0.39 is 0 Å². The van der Waals surface area contributed by atoms with E-state index in [0.29, 0.717) is 0 Å². The van der Waals surface area contributed by atoms with E-state index in [1.165, 1.54) is 65.7 Å². The number of benzene rings is 8. The van der Waals surface area contributed by atoms with Gasteiger partial charge in [0.15, 0.2) is 0 Å². The van der Waals surface area contributed by atoms with Gasteiger partial charge in [0.05, 0.1) is 11.2 Å². The zero-order chi connectivity index (χ0) is 34.3. The summed E-state index contributed by atoms with van der Waals surface area (Å²) in [6.45, 7) is 6.45. The molecule has 0 aliphatic heterocycles. The number of hydrogen-bond acceptors (Lipinski definition) is 1. The fourth-order valence-electron chi connectivity index (χ4n) is 7.70. The molecule has 0 saturated carbocycles. The molecular formula is C50H35N. The van der Waals surface area contributed by atoms with Gasteiger partial charge in [0.1, 0.15) is 0 Å². The van der Waals surface area contributed by atoms with E-state index in [9.17, 15) is 0 Å². The smallest absolute Gasteiger partial charge is 0.0781 e. The Morgan fingerprint density at radius 1 is 0.451 bits per heavy atom. The van der Waals surface area contributed by atoms with Crippen LogP contribution < -0.4 is 10.4 Å². The monoisotopic (exact) mass is 649 g/mol. The summed E-state index contributed by atoms with van der Waals surface area (Å²) in [5, 5.41) is 10.5. The van der Waals surface area contributed by atoms with E-state index in [2.05, 4.69) is 176 Å². The molecule has 0 unspecified atom stereocenters. The Morgan fingerprint density at radius 2 is 0.961 bits per heavy atom. The molecule has 8 aromatic carbocycles. The molecule has 0 aliphatic rings. The normalized spacial score (nSPS) is 12.1. The van der Waals surface area contributed by atoms with Crippen molar-refractivity contribution in [3.8, 4) is 44.6 Å². The maximum absolute atomic E-state index is 5.23. The minimum atomic E-state index is 0.934. The highest BCUT2D eigenvalue weighted by atomic mass is 14.7. The van der Waals surface area contributed by atoms with Gasteiger partial charge in [-0.2, -0.15) is 0 Å². The molecule has 0 bridgehead atoms. The van der Waals surface area contributed by atoms with Crippen molar-refractivity contribution in [1.29, 1.82) is 0 Å². The van der Waals surface area contributed by atoms with Gasteiger partial charge in [-0.05, 0) is 83.9 Å². The summed E-state index contributed by atoms with van der Waals surface area (Å²) < 4.78 is 0. The maximum atomic E-state index is 5.23. The van der Waals surface area contributed by atoms with E-state index in [1.54, 1.807) is 0 Å². The van der Waals surface area contributed by atoms with Crippen molar-refractivity contribution < 1.29 is 0 Å². The maximum Gasteiger partial charge on any atom is 0.0781 e. The first-order valence-electron chi connectivity index (χ1n) is 17.5. The van der Waals surface area contributed by atoms with Crippen LogP contribution in [0.2, 0.25) is 0 Å². The molecular weight excluding hydrogens is 615 g/mol. The Bertz CT molecular complexity index is 2860. The van der Waals surface area contributed by atoms with Crippen molar-refractivity contribution in [3.05, 3.63) is 186 Å². The van der Waals surface area contributed by atoms with Crippen LogP contribution in [0.1, 0.15) is 6.92 Å². The lowest BCUT2D eigenvalue weighted by atomic mass is 9.84. The number of allylic oxidation sites excluding steroid dienone is 2. The zero-order valence-electron chi connectivity index (χ0n) is 28.5. The first kappa shape index (κ1) is 30.5. The summed E-state index contributed by atoms with van der Waals surface area (Å²) in [4.78, 5) is 5.23. The molecule has 1 heterocycles. The topological polar surface area (TPSA) is 12.9 Å². The van der Waals surface area contributed by atoms with Gasteiger partial charge in [-0.25, -0.2) is 4.98 Å². The molecule has 0 N–H and O–H groups in total. The first-order chi connectivity index (χ1) is 25.2. The van der Waals surface area contributed by atoms with Gasteiger partial charge in [-0.1, -0.05) is 183 Å². The predicted octanol–water partition coefficient (Wildman–Crippen LogP) is 12.1. The molecule has 240 valence electrons. The van der Waals surface area contributed by atoms with Crippen molar-refractivity contribution in [2.75, 3.05) is 0 Å². The second-order valence-corrected chi connectivity index (χ2v) is 13.1. The second kappa shape index (κ2) is 12.7. The highest BCUT2D eigenvalue weighted by Crippen LogP contribution is 2.46. The Labute approximate surface area is 297 Å². The lowest BCUT2D eigenvalue weighted by Gasteiger charge is -2.19. The summed E-state index contributed by atoms with van der Waals surface area (Å²) in [6, 6.07) is 59.3. The molecule has 9 rings (SSSR count). The van der Waals surface area contributed by atoms with Crippen molar-refractivity contribution in [3.63, 3.8) is 0 Å². The lowest BCUT2D eigenvalue weighted by Crippen LogP contribution is -2.24. The first-order valence-corrected chi connectivity index (χ1v) is 17.5. The number of aromatic nitrogens is 1. The third-order valence-corrected chi connectivity index (χ3v) is 10.2. The minimum absolute atomic E-state index is 0.934. The number of hydrogen-bond donors (Lipinski definition) is 0. The predicted molar refractivity (Wildman–Crippen MR) is 220 cm³/mol. The van der Waals surface area contributed by atoms with Crippen molar-refractivity contribution >= 4 is 55.9 Å². The van der Waals surface area contributed by atoms with Crippen LogP contribution in [0.4, 0.5) is 0 Å². The van der Waals surface area contributed by atoms with E-state index in [1.807, 2.05) is 19.1 Å². The summed E-state index contributed by atoms with van der Waals surface area (Å²) >= 11 is 0. The Balaban J connectivity index is 1.26. The van der Waals surface area contributed by atoms with Crippen LogP contribution in [0.25, 0.3) is 101 Å². The van der Waals surface area contributed by atoms with Crippen LogP contribution in [-0.2, 0) is 0 Å². The summed E-state index contributed by atoms with van der Waals surface area (Å²) in [6.07, 6.45) is 6.18. The van der Waals surface area contributed by atoms with Crippen LogP contribution in [0.5, 0.6) is 0 Å². The molecule has 0 radical (unpaired) electrons. The van der Waals surface area contributed by atoms with Crippen LogP contribution in [-0.4, -0.2) is 4.98 Å². The van der Waals surface area contributed by atoms with Gasteiger partial charge < -0.3 is 0 Å². The number of rotatable bonds is 5. The van der Waals surface area contributed by atoms with E-state index >= 15 is 0 Å². The van der Waals surface area contributed by atoms with E-state index in [-0.39, 0.29) is 0 Å². The number of pyridine rings is 1. The number of fused-ring (bicyclic) bond motifs is 4. The standard InChI is InChI=1S/C50H35N/c1-3-4-14-34-23-28-38-29-32-47(51-50(38)33(34)2)41-30-31-46(40-18-9-8-17-39(40)41)49-44-21-12-10-19-42(44)48(43-20-11-13-22-45(43)49)37-26-24-36(25-27-37)35-15-6-5-7-16-35/h3-32H,2H2,1H3/b4-3-,34-14-. The molecule has 1 heteroatoms. The quantitative estimate of drug-likeness (QED) is 0.169. The van der Waals surface area contributed by atoms with Gasteiger partial charge in [0.25, 0.3) is 0 Å². The van der Waals surface area contributed by atoms with Crippen molar-refractivity contribution in [2.24, 2.45) is 0 Å². The van der Waals surface area contributed by atoms with Crippen LogP contribution in [0.3, 0.4) is 0 Å². The van der Waals surface area contributed by atoms with Gasteiger partial charge in [-0.3, -0.25) is 0 Å². The molecule has 0 aliphatic carbocycles. The average molecular weight is 650 g/mol.